The number of halogens is 1. The number of nitrogens with zero attached hydrogens (tertiary/aromatic N) is 2. The van der Waals surface area contributed by atoms with Crippen molar-refractivity contribution >= 4 is 23.1 Å². The summed E-state index contributed by atoms with van der Waals surface area (Å²) in [6, 6.07) is -0.186. The van der Waals surface area contributed by atoms with Crippen molar-refractivity contribution in [3.8, 4) is 0 Å². The van der Waals surface area contributed by atoms with Crippen molar-refractivity contribution in [3.05, 3.63) is 0 Å². The first-order valence-electron chi connectivity index (χ1n) is 3.96. The number of carbonyl (C=O) groups excluding carboxylic acids is 1. The SMILES string of the molecule is C[C@@H]1CN(C(=O)Cl)CCN1C(=O)O. The quantitative estimate of drug-likeness (QED) is 0.476. The average molecular weight is 207 g/mol. The van der Waals surface area contributed by atoms with Gasteiger partial charge in [-0.25, -0.2) is 4.79 Å². The Balaban J connectivity index is 2.56. The van der Waals surface area contributed by atoms with Crippen molar-refractivity contribution < 1.29 is 14.7 Å². The van der Waals surface area contributed by atoms with Gasteiger partial charge in [0.1, 0.15) is 0 Å². The maximum atomic E-state index is 10.7. The molecule has 0 aromatic heterocycles. The molecular formula is C7H11ClN2O3. The maximum Gasteiger partial charge on any atom is 0.407 e. The lowest BCUT2D eigenvalue weighted by atomic mass is 10.2. The first-order chi connectivity index (χ1) is 6.02. The number of carbonyl (C=O) groups is 2. The molecule has 0 spiro atoms. The van der Waals surface area contributed by atoms with E-state index in [1.54, 1.807) is 6.92 Å². The molecule has 1 aliphatic heterocycles. The highest BCUT2D eigenvalue weighted by Gasteiger charge is 2.28. The Hall–Kier alpha value is -0.970. The molecule has 1 atom stereocenters. The third-order valence-electron chi connectivity index (χ3n) is 2.12. The van der Waals surface area contributed by atoms with Crippen molar-refractivity contribution in [1.29, 1.82) is 0 Å². The zero-order valence-corrected chi connectivity index (χ0v) is 7.99. The molecule has 5 nitrogen and oxygen atoms in total. The molecule has 1 rings (SSSR count). The molecule has 1 aliphatic rings. The van der Waals surface area contributed by atoms with Crippen LogP contribution in [0.1, 0.15) is 6.92 Å². The van der Waals surface area contributed by atoms with E-state index in [-0.39, 0.29) is 6.04 Å². The van der Waals surface area contributed by atoms with Gasteiger partial charge in [0.15, 0.2) is 0 Å². The van der Waals surface area contributed by atoms with Crippen LogP contribution in [0.3, 0.4) is 0 Å². The van der Waals surface area contributed by atoms with Crippen molar-refractivity contribution in [2.75, 3.05) is 19.6 Å². The Labute approximate surface area is 80.9 Å². The van der Waals surface area contributed by atoms with Crippen LogP contribution in [0.4, 0.5) is 9.59 Å². The molecule has 6 heteroatoms. The lowest BCUT2D eigenvalue weighted by molar-refractivity contribution is 0.0889. The van der Waals surface area contributed by atoms with Crippen LogP contribution in [-0.4, -0.2) is 52.0 Å². The third-order valence-corrected chi connectivity index (χ3v) is 2.36. The van der Waals surface area contributed by atoms with E-state index in [2.05, 4.69) is 0 Å². The first kappa shape index (κ1) is 10.1. The highest BCUT2D eigenvalue weighted by atomic mass is 35.5. The van der Waals surface area contributed by atoms with Gasteiger partial charge in [-0.15, -0.1) is 0 Å². The van der Waals surface area contributed by atoms with E-state index in [0.29, 0.717) is 19.6 Å². The van der Waals surface area contributed by atoms with Crippen LogP contribution in [0.15, 0.2) is 0 Å². The van der Waals surface area contributed by atoms with Crippen LogP contribution in [0.2, 0.25) is 0 Å². The average Bonchev–Trinajstić information content (AvgIpc) is 2.03. The number of rotatable bonds is 0. The summed E-state index contributed by atoms with van der Waals surface area (Å²) < 4.78 is 0. The monoisotopic (exact) mass is 206 g/mol. The zero-order valence-electron chi connectivity index (χ0n) is 7.23. The van der Waals surface area contributed by atoms with Crippen LogP contribution in [-0.2, 0) is 0 Å². The van der Waals surface area contributed by atoms with Crippen molar-refractivity contribution in [2.45, 2.75) is 13.0 Å². The maximum absolute atomic E-state index is 10.7. The Morgan fingerprint density at radius 2 is 2.08 bits per heavy atom. The Morgan fingerprint density at radius 1 is 1.46 bits per heavy atom. The van der Waals surface area contributed by atoms with Crippen LogP contribution in [0.5, 0.6) is 0 Å². The number of hydrogen-bond acceptors (Lipinski definition) is 2. The van der Waals surface area contributed by atoms with Gasteiger partial charge < -0.3 is 14.9 Å². The van der Waals surface area contributed by atoms with Gasteiger partial charge in [0.2, 0.25) is 0 Å². The van der Waals surface area contributed by atoms with Gasteiger partial charge in [0, 0.05) is 25.7 Å². The summed E-state index contributed by atoms with van der Waals surface area (Å²) in [6.45, 7) is 2.82. The second-order valence-corrected chi connectivity index (χ2v) is 3.35. The minimum absolute atomic E-state index is 0.186. The van der Waals surface area contributed by atoms with Crippen molar-refractivity contribution in [2.24, 2.45) is 0 Å². The largest absolute Gasteiger partial charge is 0.465 e. The second-order valence-electron chi connectivity index (χ2n) is 3.02. The Morgan fingerprint density at radius 3 is 2.46 bits per heavy atom. The number of amides is 2. The molecule has 1 fully saturated rings. The third kappa shape index (κ3) is 2.24. The minimum Gasteiger partial charge on any atom is -0.465 e. The topological polar surface area (TPSA) is 60.9 Å². The van der Waals surface area contributed by atoms with Gasteiger partial charge in [-0.05, 0) is 18.5 Å². The molecular weight excluding hydrogens is 196 g/mol. The van der Waals surface area contributed by atoms with E-state index in [1.807, 2.05) is 0 Å². The van der Waals surface area contributed by atoms with Crippen molar-refractivity contribution in [3.63, 3.8) is 0 Å². The number of piperazine rings is 1. The fourth-order valence-corrected chi connectivity index (χ4v) is 1.55. The predicted molar refractivity (Wildman–Crippen MR) is 47.0 cm³/mol. The standard InChI is InChI=1S/C7H11ClN2O3/c1-5-4-9(6(8)11)2-3-10(5)7(12)13/h5H,2-4H2,1H3,(H,12,13)/t5-/m1/s1. The molecule has 2 amide bonds. The van der Waals surface area contributed by atoms with E-state index in [0.717, 1.165) is 0 Å². The lowest BCUT2D eigenvalue weighted by Crippen LogP contribution is -2.54. The highest BCUT2D eigenvalue weighted by Crippen LogP contribution is 2.11. The number of hydrogen-bond donors (Lipinski definition) is 1. The van der Waals surface area contributed by atoms with Gasteiger partial charge in [-0.2, -0.15) is 0 Å². The Kier molecular flexibility index (Phi) is 2.98. The van der Waals surface area contributed by atoms with Crippen LogP contribution >= 0.6 is 11.6 Å². The molecule has 13 heavy (non-hydrogen) atoms. The molecule has 1 heterocycles. The van der Waals surface area contributed by atoms with Gasteiger partial charge in [-0.1, -0.05) is 0 Å². The molecule has 0 bridgehead atoms. The van der Waals surface area contributed by atoms with Crippen LogP contribution in [0.25, 0.3) is 0 Å². The van der Waals surface area contributed by atoms with E-state index in [9.17, 15) is 9.59 Å². The van der Waals surface area contributed by atoms with Crippen LogP contribution in [0, 0.1) is 0 Å². The summed E-state index contributed by atoms with van der Waals surface area (Å²) in [6.07, 6.45) is -0.950. The van der Waals surface area contributed by atoms with Crippen LogP contribution < -0.4 is 0 Å². The summed E-state index contributed by atoms with van der Waals surface area (Å²) in [5.41, 5.74) is 0. The molecule has 0 aliphatic carbocycles. The lowest BCUT2D eigenvalue weighted by Gasteiger charge is -2.37. The zero-order chi connectivity index (χ0) is 10.0. The second kappa shape index (κ2) is 3.83. The van der Waals surface area contributed by atoms with Gasteiger partial charge in [0.05, 0.1) is 0 Å². The fraction of sp³-hybridized carbons (Fsp3) is 0.714. The summed E-state index contributed by atoms with van der Waals surface area (Å²) in [5, 5.41) is 8.21. The van der Waals surface area contributed by atoms with Gasteiger partial charge in [-0.3, -0.25) is 4.79 Å². The van der Waals surface area contributed by atoms with E-state index < -0.39 is 11.5 Å². The van der Waals surface area contributed by atoms with Gasteiger partial charge >= 0.3 is 11.5 Å². The molecule has 0 aromatic carbocycles. The minimum atomic E-state index is -0.950. The molecule has 0 saturated carbocycles. The van der Waals surface area contributed by atoms with E-state index in [4.69, 9.17) is 16.7 Å². The van der Waals surface area contributed by atoms with Crippen molar-refractivity contribution in [1.82, 2.24) is 9.80 Å². The fourth-order valence-electron chi connectivity index (χ4n) is 1.40. The molecule has 0 unspecified atom stereocenters. The molecule has 74 valence electrons. The molecule has 0 aromatic rings. The molecule has 1 N–H and O–H groups in total. The smallest absolute Gasteiger partial charge is 0.407 e. The normalized spacial score (nSPS) is 23.1. The molecule has 0 radical (unpaired) electrons. The predicted octanol–water partition coefficient (Wildman–Crippen LogP) is 1.03. The number of carboxylic acid groups (broad SMARTS) is 1. The first-order valence-corrected chi connectivity index (χ1v) is 4.34. The summed E-state index contributed by atoms with van der Waals surface area (Å²) in [5.74, 6) is 0. The highest BCUT2D eigenvalue weighted by molar-refractivity contribution is 6.62. The summed E-state index contributed by atoms with van der Waals surface area (Å²) >= 11 is 5.27. The molecule has 1 saturated heterocycles. The Bertz CT molecular complexity index is 234. The van der Waals surface area contributed by atoms with E-state index in [1.165, 1.54) is 9.80 Å². The van der Waals surface area contributed by atoms with Gasteiger partial charge in [0.25, 0.3) is 0 Å². The van der Waals surface area contributed by atoms with E-state index >= 15 is 0 Å². The summed E-state index contributed by atoms with van der Waals surface area (Å²) in [4.78, 5) is 24.1. The summed E-state index contributed by atoms with van der Waals surface area (Å²) in [7, 11) is 0.